The SMILES string of the molecule is OC1OC[C@@H](O)[C@@H](O)C1(O)O. The van der Waals surface area contributed by atoms with Crippen molar-refractivity contribution in [3.05, 3.63) is 0 Å². The maximum absolute atomic E-state index is 8.89. The molecule has 1 aliphatic heterocycles. The van der Waals surface area contributed by atoms with Gasteiger partial charge in [0.2, 0.25) is 12.1 Å². The van der Waals surface area contributed by atoms with Gasteiger partial charge in [0.1, 0.15) is 12.2 Å². The second-order valence-corrected chi connectivity index (χ2v) is 2.48. The van der Waals surface area contributed by atoms with E-state index < -0.39 is 24.3 Å². The molecule has 1 heterocycles. The third-order valence-corrected chi connectivity index (χ3v) is 1.59. The van der Waals surface area contributed by atoms with Crippen LogP contribution in [0.3, 0.4) is 0 Å². The summed E-state index contributed by atoms with van der Waals surface area (Å²) < 4.78 is 4.32. The largest absolute Gasteiger partial charge is 0.388 e. The minimum atomic E-state index is -2.79. The van der Waals surface area contributed by atoms with Gasteiger partial charge in [0.15, 0.2) is 0 Å². The van der Waals surface area contributed by atoms with Gasteiger partial charge in [-0.15, -0.1) is 0 Å². The molecular formula is C5H10O6. The molecule has 11 heavy (non-hydrogen) atoms. The van der Waals surface area contributed by atoms with E-state index in [1.165, 1.54) is 0 Å². The normalized spacial score (nSPS) is 43.9. The minimum absolute atomic E-state index is 0.328. The van der Waals surface area contributed by atoms with E-state index in [4.69, 9.17) is 25.5 Å². The van der Waals surface area contributed by atoms with Crippen molar-refractivity contribution in [2.75, 3.05) is 6.61 Å². The third kappa shape index (κ3) is 1.36. The quantitative estimate of drug-likeness (QED) is 0.242. The molecule has 0 aromatic carbocycles. The van der Waals surface area contributed by atoms with Crippen LogP contribution in [0, 0.1) is 0 Å². The first-order chi connectivity index (χ1) is 4.96. The number of aliphatic hydroxyl groups is 5. The summed E-state index contributed by atoms with van der Waals surface area (Å²) in [6.45, 7) is -0.328. The molecule has 1 unspecified atom stereocenters. The molecule has 0 radical (unpaired) electrons. The Balaban J connectivity index is 2.72. The Morgan fingerprint density at radius 1 is 1.18 bits per heavy atom. The van der Waals surface area contributed by atoms with E-state index in [0.29, 0.717) is 0 Å². The average molecular weight is 166 g/mol. The third-order valence-electron chi connectivity index (χ3n) is 1.59. The van der Waals surface area contributed by atoms with Crippen molar-refractivity contribution in [2.24, 2.45) is 0 Å². The molecule has 6 nitrogen and oxygen atoms in total. The zero-order chi connectivity index (χ0) is 8.65. The van der Waals surface area contributed by atoms with Gasteiger partial charge in [-0.1, -0.05) is 0 Å². The number of ether oxygens (including phenoxy) is 1. The van der Waals surface area contributed by atoms with E-state index in [1.807, 2.05) is 0 Å². The van der Waals surface area contributed by atoms with Crippen LogP contribution in [-0.2, 0) is 4.74 Å². The highest BCUT2D eigenvalue weighted by Gasteiger charge is 2.49. The molecule has 1 aliphatic rings. The lowest BCUT2D eigenvalue weighted by Crippen LogP contribution is -2.62. The lowest BCUT2D eigenvalue weighted by Gasteiger charge is -2.38. The van der Waals surface area contributed by atoms with Gasteiger partial charge in [-0.05, 0) is 0 Å². The first-order valence-electron chi connectivity index (χ1n) is 3.07. The fourth-order valence-electron chi connectivity index (χ4n) is 0.833. The Labute approximate surface area is 62.3 Å². The van der Waals surface area contributed by atoms with E-state index in [-0.39, 0.29) is 6.61 Å². The van der Waals surface area contributed by atoms with Crippen LogP contribution >= 0.6 is 0 Å². The van der Waals surface area contributed by atoms with Crippen LogP contribution in [0.1, 0.15) is 0 Å². The van der Waals surface area contributed by atoms with Crippen molar-refractivity contribution in [1.82, 2.24) is 0 Å². The summed E-state index contributed by atoms with van der Waals surface area (Å²) in [6, 6.07) is 0. The molecule has 3 atom stereocenters. The Morgan fingerprint density at radius 3 is 2.18 bits per heavy atom. The van der Waals surface area contributed by atoms with Crippen LogP contribution in [0.25, 0.3) is 0 Å². The Hall–Kier alpha value is -0.240. The Morgan fingerprint density at radius 2 is 1.73 bits per heavy atom. The van der Waals surface area contributed by atoms with Crippen molar-refractivity contribution >= 4 is 0 Å². The van der Waals surface area contributed by atoms with Gasteiger partial charge in [-0.25, -0.2) is 0 Å². The Bertz CT molecular complexity index is 146. The summed E-state index contributed by atoms with van der Waals surface area (Å²) in [5, 5.41) is 44.1. The first-order valence-corrected chi connectivity index (χ1v) is 3.07. The van der Waals surface area contributed by atoms with Crippen LogP contribution in [0.15, 0.2) is 0 Å². The summed E-state index contributed by atoms with van der Waals surface area (Å²) in [4.78, 5) is 0. The zero-order valence-corrected chi connectivity index (χ0v) is 5.58. The van der Waals surface area contributed by atoms with Crippen LogP contribution in [0.2, 0.25) is 0 Å². The summed E-state index contributed by atoms with van der Waals surface area (Å²) in [7, 11) is 0. The molecule has 1 rings (SSSR count). The Kier molecular flexibility index (Phi) is 2.15. The summed E-state index contributed by atoms with van der Waals surface area (Å²) >= 11 is 0. The molecule has 6 heteroatoms. The molecule has 0 aromatic rings. The molecule has 66 valence electrons. The molecular weight excluding hydrogens is 156 g/mol. The fraction of sp³-hybridized carbons (Fsp3) is 1.00. The first kappa shape index (κ1) is 8.85. The summed E-state index contributed by atoms with van der Waals surface area (Å²) in [5.74, 6) is -2.79. The number of hydrogen-bond acceptors (Lipinski definition) is 6. The fourth-order valence-corrected chi connectivity index (χ4v) is 0.833. The maximum Gasteiger partial charge on any atom is 0.245 e. The van der Waals surface area contributed by atoms with Gasteiger partial charge < -0.3 is 30.3 Å². The molecule has 1 saturated heterocycles. The molecule has 0 saturated carbocycles. The van der Waals surface area contributed by atoms with Crippen molar-refractivity contribution in [3.63, 3.8) is 0 Å². The van der Waals surface area contributed by atoms with Crippen LogP contribution < -0.4 is 0 Å². The van der Waals surface area contributed by atoms with Gasteiger partial charge in [0, 0.05) is 0 Å². The van der Waals surface area contributed by atoms with Crippen molar-refractivity contribution in [2.45, 2.75) is 24.3 Å². The van der Waals surface area contributed by atoms with Crippen molar-refractivity contribution in [1.29, 1.82) is 0 Å². The van der Waals surface area contributed by atoms with Gasteiger partial charge in [-0.2, -0.15) is 0 Å². The minimum Gasteiger partial charge on any atom is -0.388 e. The number of hydrogen-bond donors (Lipinski definition) is 5. The summed E-state index contributed by atoms with van der Waals surface area (Å²) in [5.41, 5.74) is 0. The predicted octanol–water partition coefficient (Wildman–Crippen LogP) is -3.26. The molecule has 0 aliphatic carbocycles. The number of aliphatic hydroxyl groups excluding tert-OH is 3. The van der Waals surface area contributed by atoms with Crippen molar-refractivity contribution < 1.29 is 30.3 Å². The molecule has 0 aromatic heterocycles. The van der Waals surface area contributed by atoms with Gasteiger partial charge in [-0.3, -0.25) is 0 Å². The highest BCUT2D eigenvalue weighted by molar-refractivity contribution is 4.87. The van der Waals surface area contributed by atoms with Crippen molar-refractivity contribution in [3.8, 4) is 0 Å². The van der Waals surface area contributed by atoms with Crippen LogP contribution in [0.5, 0.6) is 0 Å². The van der Waals surface area contributed by atoms with Crippen LogP contribution in [-0.4, -0.2) is 56.4 Å². The second-order valence-electron chi connectivity index (χ2n) is 2.48. The lowest BCUT2D eigenvalue weighted by molar-refractivity contribution is -0.378. The molecule has 1 fully saturated rings. The topological polar surface area (TPSA) is 110 Å². The summed E-state index contributed by atoms with van der Waals surface area (Å²) in [6.07, 6.45) is -5.10. The predicted molar refractivity (Wildman–Crippen MR) is 31.1 cm³/mol. The highest BCUT2D eigenvalue weighted by Crippen LogP contribution is 2.21. The van der Waals surface area contributed by atoms with E-state index in [1.54, 1.807) is 0 Å². The molecule has 5 N–H and O–H groups in total. The molecule has 0 bridgehead atoms. The smallest absolute Gasteiger partial charge is 0.245 e. The average Bonchev–Trinajstić information content (AvgIpc) is 1.95. The van der Waals surface area contributed by atoms with E-state index in [0.717, 1.165) is 0 Å². The van der Waals surface area contributed by atoms with E-state index in [2.05, 4.69) is 4.74 Å². The van der Waals surface area contributed by atoms with Gasteiger partial charge in [0.05, 0.1) is 6.61 Å². The zero-order valence-electron chi connectivity index (χ0n) is 5.58. The van der Waals surface area contributed by atoms with E-state index in [9.17, 15) is 0 Å². The van der Waals surface area contributed by atoms with Crippen LogP contribution in [0.4, 0.5) is 0 Å². The lowest BCUT2D eigenvalue weighted by atomic mass is 10.0. The second kappa shape index (κ2) is 2.67. The number of rotatable bonds is 0. The highest BCUT2D eigenvalue weighted by atomic mass is 16.7. The van der Waals surface area contributed by atoms with Gasteiger partial charge >= 0.3 is 0 Å². The molecule has 0 amide bonds. The molecule has 0 spiro atoms. The van der Waals surface area contributed by atoms with E-state index >= 15 is 0 Å². The maximum atomic E-state index is 8.89. The standard InChI is InChI=1S/C5H10O6/c6-2-1-11-4(8)5(9,10)3(2)7/h2-4,6-10H,1H2/t2-,3-,4?/m1/s1. The monoisotopic (exact) mass is 166 g/mol. The van der Waals surface area contributed by atoms with Gasteiger partial charge in [0.25, 0.3) is 0 Å².